The zero-order chi connectivity index (χ0) is 17.8. The summed E-state index contributed by atoms with van der Waals surface area (Å²) in [5.74, 6) is 1.23. The highest BCUT2D eigenvalue weighted by atomic mass is 16.5. The van der Waals surface area contributed by atoms with Crippen LogP contribution in [0.3, 0.4) is 0 Å². The average Bonchev–Trinajstić information content (AvgIpc) is 3.38. The van der Waals surface area contributed by atoms with Crippen LogP contribution in [0.15, 0.2) is 55.1 Å². The van der Waals surface area contributed by atoms with Gasteiger partial charge >= 0.3 is 0 Å². The lowest BCUT2D eigenvalue weighted by Crippen LogP contribution is -2.26. The number of benzene rings is 1. The van der Waals surface area contributed by atoms with Crippen LogP contribution in [-0.2, 0) is 9.53 Å². The van der Waals surface area contributed by atoms with Gasteiger partial charge in [0.1, 0.15) is 18.2 Å². The van der Waals surface area contributed by atoms with Crippen molar-refractivity contribution in [3.63, 3.8) is 0 Å². The third kappa shape index (κ3) is 3.70. The highest BCUT2D eigenvalue weighted by molar-refractivity contribution is 5.94. The molecule has 8 nitrogen and oxygen atoms in total. The number of hydrogen-bond acceptors (Lipinski definition) is 6. The number of aromatic nitrogens is 4. The van der Waals surface area contributed by atoms with Crippen molar-refractivity contribution in [2.45, 2.75) is 18.9 Å². The Balaban J connectivity index is 1.41. The number of ether oxygens (including phenoxy) is 1. The molecule has 0 saturated carbocycles. The van der Waals surface area contributed by atoms with Crippen LogP contribution in [0.25, 0.3) is 5.82 Å². The number of carbonyl (C=O) groups is 1. The lowest BCUT2D eigenvalue weighted by atomic mass is 10.2. The first-order chi connectivity index (χ1) is 12.8. The minimum absolute atomic E-state index is 0.0946. The van der Waals surface area contributed by atoms with Crippen molar-refractivity contribution in [2.24, 2.45) is 0 Å². The van der Waals surface area contributed by atoms with E-state index in [0.29, 0.717) is 18.2 Å². The topological polar surface area (TPSA) is 94.0 Å². The van der Waals surface area contributed by atoms with Crippen molar-refractivity contribution in [3.05, 3.63) is 55.1 Å². The Labute approximate surface area is 150 Å². The zero-order valence-corrected chi connectivity index (χ0v) is 14.0. The second-order valence-corrected chi connectivity index (χ2v) is 5.91. The van der Waals surface area contributed by atoms with Crippen molar-refractivity contribution in [3.8, 4) is 5.82 Å². The van der Waals surface area contributed by atoms with E-state index in [-0.39, 0.29) is 12.0 Å². The Morgan fingerprint density at radius 1 is 1.19 bits per heavy atom. The summed E-state index contributed by atoms with van der Waals surface area (Å²) in [7, 11) is 0. The van der Waals surface area contributed by atoms with E-state index in [9.17, 15) is 4.79 Å². The minimum atomic E-state index is -0.338. The molecule has 2 N–H and O–H groups in total. The SMILES string of the molecule is O=C(Nc1ccc(Nc2cc(-n3cccn3)ncn2)cc1)[C@@H]1CCCO1. The molecule has 1 aliphatic rings. The first kappa shape index (κ1) is 16.2. The van der Waals surface area contributed by atoms with Gasteiger partial charge in [0, 0.05) is 36.4 Å². The Hall–Kier alpha value is -3.26. The summed E-state index contributed by atoms with van der Waals surface area (Å²) in [5.41, 5.74) is 1.58. The molecule has 8 heteroatoms. The van der Waals surface area contributed by atoms with Crippen LogP contribution >= 0.6 is 0 Å². The van der Waals surface area contributed by atoms with E-state index in [1.165, 1.54) is 6.33 Å². The van der Waals surface area contributed by atoms with Crippen LogP contribution in [0.1, 0.15) is 12.8 Å². The van der Waals surface area contributed by atoms with Gasteiger partial charge in [-0.2, -0.15) is 5.10 Å². The minimum Gasteiger partial charge on any atom is -0.368 e. The molecular formula is C18H18N6O2. The molecule has 1 amide bonds. The van der Waals surface area contributed by atoms with Gasteiger partial charge in [0.15, 0.2) is 5.82 Å². The molecule has 3 aromatic rings. The summed E-state index contributed by atoms with van der Waals surface area (Å²) in [6.45, 7) is 0.653. The fourth-order valence-electron chi connectivity index (χ4n) is 2.74. The third-order valence-corrected chi connectivity index (χ3v) is 4.04. The normalized spacial score (nSPS) is 16.4. The molecule has 1 atom stereocenters. The van der Waals surface area contributed by atoms with Crippen molar-refractivity contribution in [1.29, 1.82) is 0 Å². The quantitative estimate of drug-likeness (QED) is 0.734. The molecule has 1 saturated heterocycles. The predicted molar refractivity (Wildman–Crippen MR) is 96.5 cm³/mol. The van der Waals surface area contributed by atoms with Gasteiger partial charge in [-0.25, -0.2) is 14.6 Å². The van der Waals surface area contributed by atoms with E-state index in [2.05, 4.69) is 25.7 Å². The average molecular weight is 350 g/mol. The molecule has 0 unspecified atom stereocenters. The molecule has 0 aliphatic carbocycles. The Morgan fingerprint density at radius 2 is 2.04 bits per heavy atom. The molecule has 132 valence electrons. The lowest BCUT2D eigenvalue weighted by Gasteiger charge is -2.11. The highest BCUT2D eigenvalue weighted by Crippen LogP contribution is 2.20. The van der Waals surface area contributed by atoms with E-state index >= 15 is 0 Å². The predicted octanol–water partition coefficient (Wildman–Crippen LogP) is 2.52. The smallest absolute Gasteiger partial charge is 0.253 e. The van der Waals surface area contributed by atoms with Crippen molar-refractivity contribution >= 4 is 23.1 Å². The van der Waals surface area contributed by atoms with E-state index in [1.807, 2.05) is 36.5 Å². The molecule has 1 fully saturated rings. The summed E-state index contributed by atoms with van der Waals surface area (Å²) in [4.78, 5) is 20.5. The van der Waals surface area contributed by atoms with Gasteiger partial charge in [0.05, 0.1) is 0 Å². The third-order valence-electron chi connectivity index (χ3n) is 4.04. The number of rotatable bonds is 5. The lowest BCUT2D eigenvalue weighted by molar-refractivity contribution is -0.124. The van der Waals surface area contributed by atoms with Gasteiger partial charge in [0.25, 0.3) is 5.91 Å². The maximum atomic E-state index is 12.1. The Morgan fingerprint density at radius 3 is 2.77 bits per heavy atom. The van der Waals surface area contributed by atoms with Crippen LogP contribution in [0.4, 0.5) is 17.2 Å². The number of amides is 1. The van der Waals surface area contributed by atoms with Crippen molar-refractivity contribution < 1.29 is 9.53 Å². The molecule has 1 aliphatic heterocycles. The molecular weight excluding hydrogens is 332 g/mol. The van der Waals surface area contributed by atoms with E-state index < -0.39 is 0 Å². The number of anilines is 3. The summed E-state index contributed by atoms with van der Waals surface area (Å²) >= 11 is 0. The summed E-state index contributed by atoms with van der Waals surface area (Å²) in [6.07, 6.45) is 6.36. The second kappa shape index (κ2) is 7.32. The van der Waals surface area contributed by atoms with Gasteiger partial charge in [0.2, 0.25) is 0 Å². The molecule has 3 heterocycles. The number of hydrogen-bond donors (Lipinski definition) is 2. The maximum Gasteiger partial charge on any atom is 0.253 e. The Bertz CT molecular complexity index is 873. The monoisotopic (exact) mass is 350 g/mol. The standard InChI is InChI=1S/C18H18N6O2/c25-18(15-3-1-10-26-15)23-14-6-4-13(5-7-14)22-16-11-17(20-12-19-16)24-9-2-8-21-24/h2,4-9,11-12,15H,1,3,10H2,(H,23,25)(H,19,20,22)/t15-/m0/s1. The van der Waals surface area contributed by atoms with Crippen LogP contribution < -0.4 is 10.6 Å². The largest absolute Gasteiger partial charge is 0.368 e. The summed E-state index contributed by atoms with van der Waals surface area (Å²) in [6, 6.07) is 11.1. The van der Waals surface area contributed by atoms with Gasteiger partial charge in [-0.1, -0.05) is 0 Å². The van der Waals surface area contributed by atoms with Gasteiger partial charge in [-0.15, -0.1) is 0 Å². The first-order valence-corrected chi connectivity index (χ1v) is 8.39. The van der Waals surface area contributed by atoms with Crippen LogP contribution in [-0.4, -0.2) is 38.4 Å². The van der Waals surface area contributed by atoms with Crippen molar-refractivity contribution in [1.82, 2.24) is 19.7 Å². The molecule has 2 aromatic heterocycles. The van der Waals surface area contributed by atoms with Crippen LogP contribution in [0.2, 0.25) is 0 Å². The molecule has 4 rings (SSSR count). The molecule has 26 heavy (non-hydrogen) atoms. The van der Waals surface area contributed by atoms with E-state index in [0.717, 1.165) is 24.2 Å². The van der Waals surface area contributed by atoms with E-state index in [4.69, 9.17) is 4.74 Å². The zero-order valence-electron chi connectivity index (χ0n) is 14.0. The van der Waals surface area contributed by atoms with Gasteiger partial charge in [-0.3, -0.25) is 4.79 Å². The highest BCUT2D eigenvalue weighted by Gasteiger charge is 2.23. The molecule has 0 bridgehead atoms. The fraction of sp³-hybridized carbons (Fsp3) is 0.222. The summed E-state index contributed by atoms with van der Waals surface area (Å²) in [5, 5.41) is 10.2. The second-order valence-electron chi connectivity index (χ2n) is 5.91. The number of nitrogens with one attached hydrogen (secondary N) is 2. The maximum absolute atomic E-state index is 12.1. The molecule has 1 aromatic carbocycles. The van der Waals surface area contributed by atoms with Crippen LogP contribution in [0, 0.1) is 0 Å². The molecule has 0 spiro atoms. The molecule has 0 radical (unpaired) electrons. The number of carbonyl (C=O) groups excluding carboxylic acids is 1. The van der Waals surface area contributed by atoms with E-state index in [1.54, 1.807) is 16.9 Å². The van der Waals surface area contributed by atoms with Crippen LogP contribution in [0.5, 0.6) is 0 Å². The van der Waals surface area contributed by atoms with Gasteiger partial charge in [-0.05, 0) is 43.2 Å². The van der Waals surface area contributed by atoms with Gasteiger partial charge < -0.3 is 15.4 Å². The number of nitrogens with zero attached hydrogens (tertiary/aromatic N) is 4. The Kier molecular flexibility index (Phi) is 4.57. The summed E-state index contributed by atoms with van der Waals surface area (Å²) < 4.78 is 7.05. The van der Waals surface area contributed by atoms with Crippen molar-refractivity contribution in [2.75, 3.05) is 17.2 Å². The fourth-order valence-corrected chi connectivity index (χ4v) is 2.74. The first-order valence-electron chi connectivity index (χ1n) is 8.39.